The van der Waals surface area contributed by atoms with Crippen molar-refractivity contribution in [1.82, 2.24) is 4.57 Å². The van der Waals surface area contributed by atoms with E-state index in [-0.39, 0.29) is 0 Å². The molecule has 0 bridgehead atoms. The molecule has 21 heavy (non-hydrogen) atoms. The van der Waals surface area contributed by atoms with Crippen molar-refractivity contribution in [2.45, 2.75) is 26.3 Å². The van der Waals surface area contributed by atoms with Gasteiger partial charge in [0.15, 0.2) is 0 Å². The Balaban J connectivity index is 1.90. The van der Waals surface area contributed by atoms with Crippen molar-refractivity contribution < 1.29 is 0 Å². The Kier molecular flexibility index (Phi) is 4.07. The van der Waals surface area contributed by atoms with Gasteiger partial charge >= 0.3 is 0 Å². The second-order valence-corrected chi connectivity index (χ2v) is 5.55. The van der Waals surface area contributed by atoms with Crippen LogP contribution in [0.15, 0.2) is 54.7 Å². The highest BCUT2D eigenvalue weighted by Gasteiger charge is 2.03. The Bertz CT molecular complexity index is 723. The third-order valence-electron chi connectivity index (χ3n) is 4.06. The fraction of sp³-hybridized carbons (Fsp3) is 0.263. The summed E-state index contributed by atoms with van der Waals surface area (Å²) < 4.78 is 2.32. The van der Waals surface area contributed by atoms with Gasteiger partial charge in [-0.25, -0.2) is 0 Å². The number of hydrogen-bond acceptors (Lipinski definition) is 1. The van der Waals surface area contributed by atoms with Gasteiger partial charge in [0.1, 0.15) is 0 Å². The van der Waals surface area contributed by atoms with Gasteiger partial charge in [-0.15, -0.1) is 0 Å². The average Bonchev–Trinajstić information content (AvgIpc) is 2.91. The Hall–Kier alpha value is -2.06. The standard InChI is InChI=1S/C19H22N2/c1-2-15-3-5-17(6-4-15)14-21-12-10-18-8-7-16(9-11-20)13-19(18)21/h3-8,10,12-13H,2,9,11,14,20H2,1H3. The first-order valence-corrected chi connectivity index (χ1v) is 7.66. The zero-order chi connectivity index (χ0) is 14.7. The van der Waals surface area contributed by atoms with Crippen LogP contribution in [0.3, 0.4) is 0 Å². The lowest BCUT2D eigenvalue weighted by Gasteiger charge is -2.08. The van der Waals surface area contributed by atoms with Crippen LogP contribution in [0.5, 0.6) is 0 Å². The van der Waals surface area contributed by atoms with Crippen LogP contribution < -0.4 is 5.73 Å². The van der Waals surface area contributed by atoms with Gasteiger partial charge in [0, 0.05) is 18.3 Å². The molecule has 0 atom stereocenters. The molecule has 2 heteroatoms. The minimum absolute atomic E-state index is 0.699. The van der Waals surface area contributed by atoms with E-state index in [9.17, 15) is 0 Å². The summed E-state index contributed by atoms with van der Waals surface area (Å²) in [6.45, 7) is 3.80. The predicted molar refractivity (Wildman–Crippen MR) is 89.6 cm³/mol. The summed E-state index contributed by atoms with van der Waals surface area (Å²) in [6, 6.07) is 17.7. The molecule has 1 aromatic heterocycles. The van der Waals surface area contributed by atoms with Crippen LogP contribution in [0.4, 0.5) is 0 Å². The van der Waals surface area contributed by atoms with Crippen molar-refractivity contribution in [1.29, 1.82) is 0 Å². The van der Waals surface area contributed by atoms with Crippen LogP contribution in [0.25, 0.3) is 10.9 Å². The highest BCUT2D eigenvalue weighted by Crippen LogP contribution is 2.19. The predicted octanol–water partition coefficient (Wildman–Crippen LogP) is 3.75. The van der Waals surface area contributed by atoms with E-state index in [0.717, 1.165) is 19.4 Å². The molecule has 0 aliphatic carbocycles. The van der Waals surface area contributed by atoms with E-state index in [0.29, 0.717) is 6.54 Å². The molecule has 0 aliphatic rings. The number of benzene rings is 2. The topological polar surface area (TPSA) is 30.9 Å². The molecule has 2 nitrogen and oxygen atoms in total. The lowest BCUT2D eigenvalue weighted by molar-refractivity contribution is 0.834. The van der Waals surface area contributed by atoms with E-state index in [2.05, 4.69) is 66.2 Å². The maximum absolute atomic E-state index is 5.66. The number of aryl methyl sites for hydroxylation is 1. The summed E-state index contributed by atoms with van der Waals surface area (Å²) in [6.07, 6.45) is 4.20. The summed E-state index contributed by atoms with van der Waals surface area (Å²) in [5.41, 5.74) is 11.0. The molecule has 0 saturated heterocycles. The normalized spacial score (nSPS) is 11.1. The molecule has 0 unspecified atom stereocenters. The summed E-state index contributed by atoms with van der Waals surface area (Å²) >= 11 is 0. The van der Waals surface area contributed by atoms with Crippen LogP contribution in [0, 0.1) is 0 Å². The van der Waals surface area contributed by atoms with Crippen LogP contribution in [-0.4, -0.2) is 11.1 Å². The van der Waals surface area contributed by atoms with E-state index in [1.807, 2.05) is 0 Å². The molecule has 2 aromatic carbocycles. The third-order valence-corrected chi connectivity index (χ3v) is 4.06. The fourth-order valence-corrected chi connectivity index (χ4v) is 2.77. The molecule has 2 N–H and O–H groups in total. The van der Waals surface area contributed by atoms with Crippen molar-refractivity contribution in [2.24, 2.45) is 5.73 Å². The van der Waals surface area contributed by atoms with E-state index < -0.39 is 0 Å². The maximum atomic E-state index is 5.66. The highest BCUT2D eigenvalue weighted by atomic mass is 14.9. The van der Waals surface area contributed by atoms with Crippen LogP contribution in [-0.2, 0) is 19.4 Å². The molecule has 0 saturated carbocycles. The number of nitrogens with two attached hydrogens (primary N) is 1. The lowest BCUT2D eigenvalue weighted by Crippen LogP contribution is -2.03. The van der Waals surface area contributed by atoms with Crippen LogP contribution in [0.1, 0.15) is 23.6 Å². The fourth-order valence-electron chi connectivity index (χ4n) is 2.77. The first-order valence-electron chi connectivity index (χ1n) is 7.66. The molecular weight excluding hydrogens is 256 g/mol. The van der Waals surface area contributed by atoms with E-state index in [1.54, 1.807) is 0 Å². The van der Waals surface area contributed by atoms with Crippen molar-refractivity contribution in [3.63, 3.8) is 0 Å². The molecular formula is C19H22N2. The van der Waals surface area contributed by atoms with E-state index in [4.69, 9.17) is 5.73 Å². The Morgan fingerprint density at radius 3 is 2.33 bits per heavy atom. The highest BCUT2D eigenvalue weighted by molar-refractivity contribution is 5.81. The summed E-state index contributed by atoms with van der Waals surface area (Å²) in [5, 5.41) is 1.29. The molecule has 0 spiro atoms. The van der Waals surface area contributed by atoms with Gasteiger partial charge < -0.3 is 10.3 Å². The smallest absolute Gasteiger partial charge is 0.0486 e. The monoisotopic (exact) mass is 278 g/mol. The first kappa shape index (κ1) is 13.9. The van der Waals surface area contributed by atoms with Gasteiger partial charge in [0.2, 0.25) is 0 Å². The number of fused-ring (bicyclic) bond motifs is 1. The van der Waals surface area contributed by atoms with Gasteiger partial charge in [-0.1, -0.05) is 43.3 Å². The van der Waals surface area contributed by atoms with Crippen molar-refractivity contribution in [2.75, 3.05) is 6.54 Å². The van der Waals surface area contributed by atoms with Crippen molar-refractivity contribution in [3.8, 4) is 0 Å². The molecule has 0 radical (unpaired) electrons. The Labute approximate surface area is 126 Å². The summed E-state index contributed by atoms with van der Waals surface area (Å²) in [5.74, 6) is 0. The van der Waals surface area contributed by atoms with E-state index >= 15 is 0 Å². The third kappa shape index (κ3) is 3.01. The lowest BCUT2D eigenvalue weighted by atomic mass is 10.1. The molecule has 3 rings (SSSR count). The number of hydrogen-bond donors (Lipinski definition) is 1. The second kappa shape index (κ2) is 6.15. The molecule has 0 fully saturated rings. The van der Waals surface area contributed by atoms with E-state index in [1.165, 1.54) is 27.6 Å². The molecule has 0 amide bonds. The summed E-state index contributed by atoms with van der Waals surface area (Å²) in [7, 11) is 0. The van der Waals surface area contributed by atoms with Gasteiger partial charge in [-0.05, 0) is 53.6 Å². The zero-order valence-electron chi connectivity index (χ0n) is 12.5. The first-order chi connectivity index (χ1) is 10.3. The number of rotatable bonds is 5. The SMILES string of the molecule is CCc1ccc(Cn2ccc3ccc(CCN)cc32)cc1. The Morgan fingerprint density at radius 1 is 0.905 bits per heavy atom. The van der Waals surface area contributed by atoms with Gasteiger partial charge in [0.05, 0.1) is 0 Å². The van der Waals surface area contributed by atoms with Crippen molar-refractivity contribution in [3.05, 3.63) is 71.4 Å². The quantitative estimate of drug-likeness (QED) is 0.757. The summed E-state index contributed by atoms with van der Waals surface area (Å²) in [4.78, 5) is 0. The number of nitrogens with zero attached hydrogens (tertiary/aromatic N) is 1. The van der Waals surface area contributed by atoms with Gasteiger partial charge in [-0.3, -0.25) is 0 Å². The second-order valence-electron chi connectivity index (χ2n) is 5.55. The number of aromatic nitrogens is 1. The Morgan fingerprint density at radius 2 is 1.62 bits per heavy atom. The largest absolute Gasteiger partial charge is 0.343 e. The van der Waals surface area contributed by atoms with Gasteiger partial charge in [0.25, 0.3) is 0 Å². The molecule has 1 heterocycles. The zero-order valence-corrected chi connectivity index (χ0v) is 12.5. The average molecular weight is 278 g/mol. The van der Waals surface area contributed by atoms with Gasteiger partial charge in [-0.2, -0.15) is 0 Å². The molecule has 3 aromatic rings. The molecule has 0 aliphatic heterocycles. The minimum Gasteiger partial charge on any atom is -0.343 e. The minimum atomic E-state index is 0.699. The van der Waals surface area contributed by atoms with Crippen LogP contribution >= 0.6 is 0 Å². The molecule has 108 valence electrons. The maximum Gasteiger partial charge on any atom is 0.0486 e. The van der Waals surface area contributed by atoms with Crippen molar-refractivity contribution >= 4 is 10.9 Å². The van der Waals surface area contributed by atoms with Crippen LogP contribution in [0.2, 0.25) is 0 Å².